The summed E-state index contributed by atoms with van der Waals surface area (Å²) in [6, 6.07) is 5.24. The number of carbonyl (C=O) groups excluding carboxylic acids is 2. The standard InChI is InChI=1S/C18H16F3N3O2/c19-18(20,21)16-8-11(5-6-23-16)17(26)24-15-4-1-10-7-12(22)2-3-13(10)14(15)9-25/h1,4-6,8-9,12H,2-3,7,22H2,(H,24,26). The van der Waals surface area contributed by atoms with Gasteiger partial charge in [-0.3, -0.25) is 14.6 Å². The molecule has 0 saturated carbocycles. The molecule has 0 radical (unpaired) electrons. The van der Waals surface area contributed by atoms with Gasteiger partial charge in [0.15, 0.2) is 6.29 Å². The van der Waals surface area contributed by atoms with Crippen LogP contribution in [-0.2, 0) is 19.0 Å². The Labute approximate surface area is 147 Å². The molecule has 1 amide bonds. The highest BCUT2D eigenvalue weighted by atomic mass is 19.4. The molecule has 8 heteroatoms. The van der Waals surface area contributed by atoms with Gasteiger partial charge >= 0.3 is 6.18 Å². The molecule has 1 aliphatic rings. The third-order valence-electron chi connectivity index (χ3n) is 4.38. The van der Waals surface area contributed by atoms with Crippen molar-refractivity contribution in [1.82, 2.24) is 4.98 Å². The Morgan fingerprint density at radius 1 is 1.31 bits per heavy atom. The highest BCUT2D eigenvalue weighted by Gasteiger charge is 2.33. The first-order valence-corrected chi connectivity index (χ1v) is 7.99. The van der Waals surface area contributed by atoms with E-state index >= 15 is 0 Å². The Bertz CT molecular complexity index is 865. The van der Waals surface area contributed by atoms with Crippen molar-refractivity contribution in [2.45, 2.75) is 31.5 Å². The van der Waals surface area contributed by atoms with Crippen molar-refractivity contribution in [2.24, 2.45) is 5.73 Å². The van der Waals surface area contributed by atoms with Crippen LogP contribution in [0.4, 0.5) is 18.9 Å². The van der Waals surface area contributed by atoms with Crippen molar-refractivity contribution in [1.29, 1.82) is 0 Å². The first kappa shape index (κ1) is 18.1. The van der Waals surface area contributed by atoms with Crippen LogP contribution >= 0.6 is 0 Å². The molecule has 0 bridgehead atoms. The van der Waals surface area contributed by atoms with E-state index in [9.17, 15) is 22.8 Å². The number of amides is 1. The van der Waals surface area contributed by atoms with Gasteiger partial charge < -0.3 is 11.1 Å². The third-order valence-corrected chi connectivity index (χ3v) is 4.38. The van der Waals surface area contributed by atoms with E-state index in [2.05, 4.69) is 10.3 Å². The van der Waals surface area contributed by atoms with Crippen LogP contribution in [0.1, 0.15) is 44.0 Å². The van der Waals surface area contributed by atoms with Crippen LogP contribution in [0, 0.1) is 0 Å². The summed E-state index contributed by atoms with van der Waals surface area (Å²) < 4.78 is 38.2. The number of anilines is 1. The van der Waals surface area contributed by atoms with Crippen LogP contribution in [0.2, 0.25) is 0 Å². The van der Waals surface area contributed by atoms with E-state index in [-0.39, 0.29) is 17.3 Å². The van der Waals surface area contributed by atoms with Gasteiger partial charge in [-0.15, -0.1) is 0 Å². The van der Waals surface area contributed by atoms with Gasteiger partial charge in [0.2, 0.25) is 0 Å². The molecule has 3 N–H and O–H groups in total. The minimum atomic E-state index is -4.64. The molecule has 5 nitrogen and oxygen atoms in total. The minimum absolute atomic E-state index is 0.0278. The zero-order valence-corrected chi connectivity index (χ0v) is 13.6. The van der Waals surface area contributed by atoms with Crippen molar-refractivity contribution in [3.63, 3.8) is 0 Å². The van der Waals surface area contributed by atoms with E-state index in [1.54, 1.807) is 12.1 Å². The Balaban J connectivity index is 1.90. The molecule has 1 aromatic carbocycles. The first-order valence-electron chi connectivity index (χ1n) is 7.99. The van der Waals surface area contributed by atoms with Crippen LogP contribution in [0.15, 0.2) is 30.5 Å². The van der Waals surface area contributed by atoms with Gasteiger partial charge in [0.1, 0.15) is 5.69 Å². The monoisotopic (exact) mass is 363 g/mol. The summed E-state index contributed by atoms with van der Waals surface area (Å²) >= 11 is 0. The SMILES string of the molecule is NC1CCc2c(ccc(NC(=O)c3ccnc(C(F)(F)F)c3)c2C=O)C1. The molecule has 1 atom stereocenters. The lowest BCUT2D eigenvalue weighted by Gasteiger charge is -2.24. The van der Waals surface area contributed by atoms with E-state index in [1.807, 2.05) is 0 Å². The number of fused-ring (bicyclic) bond motifs is 1. The summed E-state index contributed by atoms with van der Waals surface area (Å²) in [5, 5.41) is 2.52. The first-order chi connectivity index (χ1) is 12.3. The summed E-state index contributed by atoms with van der Waals surface area (Å²) in [5.41, 5.74) is 6.97. The number of pyridine rings is 1. The number of nitrogens with one attached hydrogen (secondary N) is 1. The third kappa shape index (κ3) is 3.60. The van der Waals surface area contributed by atoms with Crippen molar-refractivity contribution in [3.8, 4) is 0 Å². The Hall–Kier alpha value is -2.74. The van der Waals surface area contributed by atoms with Gasteiger partial charge in [-0.05, 0) is 48.6 Å². The predicted molar refractivity (Wildman–Crippen MR) is 89.0 cm³/mol. The van der Waals surface area contributed by atoms with Crippen molar-refractivity contribution < 1.29 is 22.8 Å². The second-order valence-corrected chi connectivity index (χ2v) is 6.17. The second-order valence-electron chi connectivity index (χ2n) is 6.17. The van der Waals surface area contributed by atoms with Crippen LogP contribution in [0.25, 0.3) is 0 Å². The number of alkyl halides is 3. The summed E-state index contributed by atoms with van der Waals surface area (Å²) in [6.07, 6.45) is -1.09. The highest BCUT2D eigenvalue weighted by molar-refractivity contribution is 6.06. The topological polar surface area (TPSA) is 85.1 Å². The van der Waals surface area contributed by atoms with E-state index in [1.165, 1.54) is 6.07 Å². The fourth-order valence-electron chi connectivity index (χ4n) is 3.08. The Morgan fingerprint density at radius 3 is 2.77 bits per heavy atom. The number of hydrogen-bond acceptors (Lipinski definition) is 4. The largest absolute Gasteiger partial charge is 0.433 e. The van der Waals surface area contributed by atoms with Gasteiger partial charge in [-0.25, -0.2) is 0 Å². The number of carbonyl (C=O) groups is 2. The number of benzene rings is 1. The lowest BCUT2D eigenvalue weighted by atomic mass is 9.85. The second kappa shape index (κ2) is 6.87. The van der Waals surface area contributed by atoms with Gasteiger partial charge in [-0.1, -0.05) is 6.07 Å². The maximum absolute atomic E-state index is 12.7. The van der Waals surface area contributed by atoms with Crippen LogP contribution < -0.4 is 11.1 Å². The number of hydrogen-bond donors (Lipinski definition) is 2. The molecule has 0 saturated heterocycles. The maximum atomic E-state index is 12.7. The van der Waals surface area contributed by atoms with E-state index < -0.39 is 17.8 Å². The molecule has 1 unspecified atom stereocenters. The number of aromatic nitrogens is 1. The van der Waals surface area contributed by atoms with E-state index in [0.717, 1.165) is 23.7 Å². The van der Waals surface area contributed by atoms with Crippen molar-refractivity contribution in [3.05, 3.63) is 58.4 Å². The minimum Gasteiger partial charge on any atom is -0.327 e. The lowest BCUT2D eigenvalue weighted by Crippen LogP contribution is -2.28. The molecular weight excluding hydrogens is 347 g/mol. The van der Waals surface area contributed by atoms with Crippen LogP contribution in [0.3, 0.4) is 0 Å². The Morgan fingerprint density at radius 2 is 2.08 bits per heavy atom. The maximum Gasteiger partial charge on any atom is 0.433 e. The molecule has 26 heavy (non-hydrogen) atoms. The average Bonchev–Trinajstić information content (AvgIpc) is 2.61. The smallest absolute Gasteiger partial charge is 0.327 e. The molecule has 1 aliphatic carbocycles. The molecule has 1 aromatic heterocycles. The highest BCUT2D eigenvalue weighted by Crippen LogP contribution is 2.30. The summed E-state index contributed by atoms with van der Waals surface area (Å²) in [6.45, 7) is 0. The number of aldehydes is 1. The fourth-order valence-corrected chi connectivity index (χ4v) is 3.08. The molecule has 0 fully saturated rings. The molecule has 136 valence electrons. The number of halogens is 3. The van der Waals surface area contributed by atoms with Crippen LogP contribution in [0.5, 0.6) is 0 Å². The molecule has 1 heterocycles. The van der Waals surface area contributed by atoms with Gasteiger partial charge in [0.25, 0.3) is 5.91 Å². The van der Waals surface area contributed by atoms with Crippen LogP contribution in [-0.4, -0.2) is 23.2 Å². The average molecular weight is 363 g/mol. The molecule has 2 aromatic rings. The molecule has 3 rings (SSSR count). The van der Waals surface area contributed by atoms with Gasteiger partial charge in [-0.2, -0.15) is 13.2 Å². The zero-order valence-electron chi connectivity index (χ0n) is 13.6. The van der Waals surface area contributed by atoms with Gasteiger partial charge in [0.05, 0.1) is 5.69 Å². The number of rotatable bonds is 3. The lowest BCUT2D eigenvalue weighted by molar-refractivity contribution is -0.141. The van der Waals surface area contributed by atoms with Crippen molar-refractivity contribution in [2.75, 3.05) is 5.32 Å². The number of nitrogens with zero attached hydrogens (tertiary/aromatic N) is 1. The summed E-state index contributed by atoms with van der Waals surface area (Å²) in [5.74, 6) is -0.742. The van der Waals surface area contributed by atoms with Gasteiger partial charge in [0, 0.05) is 23.4 Å². The van der Waals surface area contributed by atoms with Crippen molar-refractivity contribution >= 4 is 17.9 Å². The predicted octanol–water partition coefficient (Wildman–Crippen LogP) is 2.98. The van der Waals surface area contributed by atoms with E-state index in [0.29, 0.717) is 30.8 Å². The summed E-state index contributed by atoms with van der Waals surface area (Å²) in [7, 11) is 0. The normalized spacial score (nSPS) is 16.7. The summed E-state index contributed by atoms with van der Waals surface area (Å²) in [4.78, 5) is 27.1. The Kier molecular flexibility index (Phi) is 4.78. The quantitative estimate of drug-likeness (QED) is 0.821. The molecule has 0 spiro atoms. The zero-order chi connectivity index (χ0) is 18.9. The van der Waals surface area contributed by atoms with E-state index in [4.69, 9.17) is 5.73 Å². The molecular formula is C18H16F3N3O2. The fraction of sp³-hybridized carbons (Fsp3) is 0.278. The number of nitrogens with two attached hydrogens (primary N) is 1. The molecule has 0 aliphatic heterocycles.